The zero-order valence-corrected chi connectivity index (χ0v) is 7.95. The molecule has 0 unspecified atom stereocenters. The van der Waals surface area contributed by atoms with E-state index < -0.39 is 18.1 Å². The molecule has 3 amide bonds. The van der Waals surface area contributed by atoms with Gasteiger partial charge in [0.25, 0.3) is 5.91 Å². The van der Waals surface area contributed by atoms with E-state index in [0.29, 0.717) is 5.69 Å². The molecule has 1 aromatic carbocycles. The number of amides is 3. The predicted molar refractivity (Wildman–Crippen MR) is 53.1 cm³/mol. The van der Waals surface area contributed by atoms with E-state index in [2.05, 4.69) is 0 Å². The topological polar surface area (TPSA) is 121 Å². The van der Waals surface area contributed by atoms with E-state index >= 15 is 0 Å². The summed E-state index contributed by atoms with van der Waals surface area (Å²) in [6, 6.07) is 5.23. The molecular formula is C9H8N2O5. The number of nitrogen functional groups attached to an aromatic ring is 1. The molecule has 1 aromatic rings. The Hall–Kier alpha value is -2.57. The largest absolute Gasteiger partial charge is 0.464 e. The monoisotopic (exact) mass is 224 g/mol. The Bertz CT molecular complexity index is 426. The lowest BCUT2D eigenvalue weighted by Crippen LogP contribution is -2.39. The first kappa shape index (κ1) is 11.5. The van der Waals surface area contributed by atoms with Crippen molar-refractivity contribution in [1.29, 1.82) is 0 Å². The maximum absolute atomic E-state index is 11.5. The SMILES string of the molecule is Nc1ccc(C(=O)N(C(=O)O)C(=O)O)cc1. The minimum Gasteiger partial charge on any atom is -0.464 e. The molecule has 7 heteroatoms. The van der Waals surface area contributed by atoms with Crippen LogP contribution >= 0.6 is 0 Å². The molecule has 84 valence electrons. The predicted octanol–water partition coefficient (Wildman–Crippen LogP) is 1.07. The van der Waals surface area contributed by atoms with Crippen LogP contribution in [0.3, 0.4) is 0 Å². The fraction of sp³-hybridized carbons (Fsp3) is 0. The fourth-order valence-corrected chi connectivity index (χ4v) is 1.01. The van der Waals surface area contributed by atoms with Crippen molar-refractivity contribution in [2.45, 2.75) is 0 Å². The van der Waals surface area contributed by atoms with Crippen molar-refractivity contribution < 1.29 is 24.6 Å². The van der Waals surface area contributed by atoms with Gasteiger partial charge in [0.05, 0.1) is 0 Å². The van der Waals surface area contributed by atoms with Crippen LogP contribution in [0.1, 0.15) is 10.4 Å². The van der Waals surface area contributed by atoms with Crippen LogP contribution in [0, 0.1) is 0 Å². The summed E-state index contributed by atoms with van der Waals surface area (Å²) < 4.78 is 0. The Morgan fingerprint density at radius 2 is 1.44 bits per heavy atom. The summed E-state index contributed by atoms with van der Waals surface area (Å²) in [4.78, 5) is 32.2. The molecule has 0 aliphatic rings. The lowest BCUT2D eigenvalue weighted by Gasteiger charge is -2.11. The highest BCUT2D eigenvalue weighted by Crippen LogP contribution is 2.09. The molecular weight excluding hydrogens is 216 g/mol. The van der Waals surface area contributed by atoms with Gasteiger partial charge in [-0.3, -0.25) is 4.79 Å². The molecule has 0 spiro atoms. The van der Waals surface area contributed by atoms with Crippen molar-refractivity contribution in [3.63, 3.8) is 0 Å². The van der Waals surface area contributed by atoms with Crippen molar-refractivity contribution in [2.24, 2.45) is 0 Å². The van der Waals surface area contributed by atoms with Crippen LogP contribution in [0.2, 0.25) is 0 Å². The first-order valence-electron chi connectivity index (χ1n) is 4.09. The number of hydrogen-bond donors (Lipinski definition) is 3. The second-order valence-corrected chi connectivity index (χ2v) is 2.83. The standard InChI is InChI=1S/C9H8N2O5/c10-6-3-1-5(2-4-6)7(12)11(8(13)14)9(15)16/h1-4H,10H2,(H,13,14)(H,15,16). The van der Waals surface area contributed by atoms with Gasteiger partial charge >= 0.3 is 12.2 Å². The highest BCUT2D eigenvalue weighted by atomic mass is 16.4. The molecule has 16 heavy (non-hydrogen) atoms. The molecule has 1 rings (SSSR count). The lowest BCUT2D eigenvalue weighted by molar-refractivity contribution is 0.0732. The van der Waals surface area contributed by atoms with Gasteiger partial charge in [0.1, 0.15) is 0 Å². The molecule has 0 fully saturated rings. The third-order valence-corrected chi connectivity index (χ3v) is 1.74. The molecule has 0 aromatic heterocycles. The van der Waals surface area contributed by atoms with Gasteiger partial charge in [-0.25, -0.2) is 9.59 Å². The lowest BCUT2D eigenvalue weighted by atomic mass is 10.2. The van der Waals surface area contributed by atoms with Crippen LogP contribution < -0.4 is 5.73 Å². The molecule has 0 saturated heterocycles. The van der Waals surface area contributed by atoms with Crippen molar-refractivity contribution in [2.75, 3.05) is 5.73 Å². The Labute approximate surface area is 89.7 Å². The van der Waals surface area contributed by atoms with Crippen LogP contribution in [0.25, 0.3) is 0 Å². The van der Waals surface area contributed by atoms with Gasteiger partial charge in [-0.05, 0) is 24.3 Å². The minimum atomic E-state index is -1.85. The third kappa shape index (κ3) is 2.27. The molecule has 0 atom stereocenters. The number of carboxylic acid groups (broad SMARTS) is 2. The first-order chi connectivity index (χ1) is 7.43. The number of rotatable bonds is 1. The quantitative estimate of drug-likeness (QED) is 0.613. The molecule has 0 aliphatic heterocycles. The molecule has 7 nitrogen and oxygen atoms in total. The van der Waals surface area contributed by atoms with E-state index in [4.69, 9.17) is 15.9 Å². The van der Waals surface area contributed by atoms with Gasteiger partial charge < -0.3 is 15.9 Å². The highest BCUT2D eigenvalue weighted by molar-refractivity contribution is 6.12. The Morgan fingerprint density at radius 3 is 1.81 bits per heavy atom. The Kier molecular flexibility index (Phi) is 3.09. The van der Waals surface area contributed by atoms with E-state index in [1.54, 1.807) is 0 Å². The second kappa shape index (κ2) is 4.30. The van der Waals surface area contributed by atoms with E-state index in [1.165, 1.54) is 24.3 Å². The average molecular weight is 224 g/mol. The summed E-state index contributed by atoms with van der Waals surface area (Å²) in [6.07, 6.45) is -3.70. The first-order valence-corrected chi connectivity index (χ1v) is 4.09. The molecule has 0 bridgehead atoms. The van der Waals surface area contributed by atoms with Gasteiger partial charge in [0.15, 0.2) is 0 Å². The zero-order chi connectivity index (χ0) is 12.3. The van der Waals surface area contributed by atoms with Gasteiger partial charge in [-0.1, -0.05) is 0 Å². The maximum Gasteiger partial charge on any atom is 0.424 e. The zero-order valence-electron chi connectivity index (χ0n) is 7.95. The van der Waals surface area contributed by atoms with Gasteiger partial charge in [-0.2, -0.15) is 0 Å². The summed E-state index contributed by atoms with van der Waals surface area (Å²) >= 11 is 0. The highest BCUT2D eigenvalue weighted by Gasteiger charge is 2.28. The maximum atomic E-state index is 11.5. The summed E-state index contributed by atoms with van der Waals surface area (Å²) in [6.45, 7) is 0. The number of imide groups is 3. The van der Waals surface area contributed by atoms with E-state index in [-0.39, 0.29) is 10.5 Å². The van der Waals surface area contributed by atoms with Crippen molar-refractivity contribution >= 4 is 23.8 Å². The van der Waals surface area contributed by atoms with Crippen LogP contribution in [0.4, 0.5) is 15.3 Å². The van der Waals surface area contributed by atoms with Gasteiger partial charge in [-0.15, -0.1) is 4.90 Å². The average Bonchev–Trinajstić information content (AvgIpc) is 2.17. The number of nitrogens with two attached hydrogens (primary N) is 1. The van der Waals surface area contributed by atoms with Crippen molar-refractivity contribution in [1.82, 2.24) is 4.90 Å². The smallest absolute Gasteiger partial charge is 0.424 e. The van der Waals surface area contributed by atoms with Gasteiger partial charge in [0, 0.05) is 11.3 Å². The van der Waals surface area contributed by atoms with Crippen LogP contribution in [-0.2, 0) is 0 Å². The number of anilines is 1. The number of hydrogen-bond acceptors (Lipinski definition) is 4. The number of carbonyl (C=O) groups is 3. The van der Waals surface area contributed by atoms with E-state index in [1.807, 2.05) is 0 Å². The normalized spacial score (nSPS) is 9.50. The van der Waals surface area contributed by atoms with Crippen molar-refractivity contribution in [3.05, 3.63) is 29.8 Å². The molecule has 0 aliphatic carbocycles. The van der Waals surface area contributed by atoms with Gasteiger partial charge in [0.2, 0.25) is 0 Å². The molecule has 0 radical (unpaired) electrons. The van der Waals surface area contributed by atoms with Crippen LogP contribution in [-0.4, -0.2) is 33.2 Å². The molecule has 0 saturated carbocycles. The summed E-state index contributed by atoms with van der Waals surface area (Å²) in [5, 5.41) is 17.1. The Morgan fingerprint density at radius 1 is 1.00 bits per heavy atom. The van der Waals surface area contributed by atoms with E-state index in [0.717, 1.165) is 0 Å². The third-order valence-electron chi connectivity index (χ3n) is 1.74. The van der Waals surface area contributed by atoms with Crippen molar-refractivity contribution in [3.8, 4) is 0 Å². The number of carbonyl (C=O) groups excluding carboxylic acids is 1. The summed E-state index contributed by atoms with van der Waals surface area (Å²) in [5.74, 6) is -1.14. The summed E-state index contributed by atoms with van der Waals surface area (Å²) in [5.41, 5.74) is 5.68. The number of nitrogens with zero attached hydrogens (tertiary/aromatic N) is 1. The summed E-state index contributed by atoms with van der Waals surface area (Å²) in [7, 11) is 0. The number of benzene rings is 1. The minimum absolute atomic E-state index is 0.0704. The van der Waals surface area contributed by atoms with Crippen LogP contribution in [0.15, 0.2) is 24.3 Å². The van der Waals surface area contributed by atoms with E-state index in [9.17, 15) is 14.4 Å². The molecule has 0 heterocycles. The second-order valence-electron chi connectivity index (χ2n) is 2.83. The molecule has 4 N–H and O–H groups in total. The fourth-order valence-electron chi connectivity index (χ4n) is 1.01. The van der Waals surface area contributed by atoms with Crippen LogP contribution in [0.5, 0.6) is 0 Å². The Balaban J connectivity index is 3.04.